The Hall–Kier alpha value is -1.63. The summed E-state index contributed by atoms with van der Waals surface area (Å²) in [6.45, 7) is 0.911. The summed E-state index contributed by atoms with van der Waals surface area (Å²) in [5, 5.41) is 5.42. The zero-order chi connectivity index (χ0) is 15.5. The van der Waals surface area contributed by atoms with E-state index in [9.17, 15) is 22.4 Å². The van der Waals surface area contributed by atoms with Gasteiger partial charge in [0.05, 0.1) is 11.3 Å². The van der Waals surface area contributed by atoms with Crippen molar-refractivity contribution in [2.45, 2.75) is 37.9 Å². The largest absolute Gasteiger partial charge is 0.416 e. The van der Waals surface area contributed by atoms with Crippen LogP contribution in [-0.2, 0) is 11.0 Å². The van der Waals surface area contributed by atoms with Gasteiger partial charge in [0.15, 0.2) is 0 Å². The van der Waals surface area contributed by atoms with Crippen LogP contribution in [0.1, 0.15) is 31.2 Å². The summed E-state index contributed by atoms with van der Waals surface area (Å²) in [5.41, 5.74) is -1.43. The molecule has 2 N–H and O–H groups in total. The Kier molecular flexibility index (Phi) is 4.82. The Morgan fingerprint density at radius 3 is 2.76 bits per heavy atom. The molecule has 0 radical (unpaired) electrons. The lowest BCUT2D eigenvalue weighted by Crippen LogP contribution is -2.23. The highest BCUT2D eigenvalue weighted by Gasteiger charge is 2.31. The minimum atomic E-state index is -4.57. The number of halogens is 4. The average Bonchev–Trinajstić information content (AvgIpc) is 2.91. The predicted octanol–water partition coefficient (Wildman–Crippen LogP) is 3.32. The maximum absolute atomic E-state index is 13.5. The quantitative estimate of drug-likeness (QED) is 0.838. The molecule has 1 amide bonds. The topological polar surface area (TPSA) is 41.1 Å². The van der Waals surface area contributed by atoms with E-state index in [2.05, 4.69) is 10.6 Å². The molecular weight excluding hydrogens is 288 g/mol. The molecule has 1 fully saturated rings. The van der Waals surface area contributed by atoms with E-state index in [1.165, 1.54) is 0 Å². The van der Waals surface area contributed by atoms with Crippen molar-refractivity contribution in [2.24, 2.45) is 0 Å². The van der Waals surface area contributed by atoms with Crippen molar-refractivity contribution in [2.75, 3.05) is 11.9 Å². The molecule has 1 saturated heterocycles. The first-order chi connectivity index (χ1) is 9.86. The number of anilines is 1. The van der Waals surface area contributed by atoms with Gasteiger partial charge in [0, 0.05) is 12.5 Å². The monoisotopic (exact) mass is 304 g/mol. The Morgan fingerprint density at radius 2 is 2.14 bits per heavy atom. The molecule has 1 aromatic rings. The molecule has 2 rings (SSSR count). The number of carbonyl (C=O) groups excluding carboxylic acids is 1. The molecule has 1 aromatic carbocycles. The van der Waals surface area contributed by atoms with Gasteiger partial charge in [0.1, 0.15) is 5.82 Å². The van der Waals surface area contributed by atoms with Gasteiger partial charge in [-0.3, -0.25) is 4.79 Å². The van der Waals surface area contributed by atoms with E-state index in [0.29, 0.717) is 24.6 Å². The average molecular weight is 304 g/mol. The van der Waals surface area contributed by atoms with Crippen LogP contribution in [-0.4, -0.2) is 18.5 Å². The number of hydrogen-bond donors (Lipinski definition) is 2. The molecule has 3 nitrogen and oxygen atoms in total. The maximum Gasteiger partial charge on any atom is 0.416 e. The van der Waals surface area contributed by atoms with Crippen LogP contribution < -0.4 is 10.6 Å². The van der Waals surface area contributed by atoms with Crippen molar-refractivity contribution in [3.05, 3.63) is 29.6 Å². The standard InChI is InChI=1S/C14H16F4N2O/c15-11-5-3-9(14(16,17)18)8-12(11)20-13(21)6-4-10-2-1-7-19-10/h3,5,8,10,19H,1-2,4,6-7H2,(H,20,21). The molecule has 0 aromatic heterocycles. The molecule has 116 valence electrons. The number of alkyl halides is 3. The third-order valence-electron chi connectivity index (χ3n) is 3.45. The first-order valence-corrected chi connectivity index (χ1v) is 6.76. The van der Waals surface area contributed by atoms with Crippen LogP contribution in [0.15, 0.2) is 18.2 Å². The molecular formula is C14H16F4N2O. The molecule has 1 unspecified atom stereocenters. The Morgan fingerprint density at radius 1 is 1.38 bits per heavy atom. The summed E-state index contributed by atoms with van der Waals surface area (Å²) < 4.78 is 51.1. The number of amides is 1. The van der Waals surface area contributed by atoms with Crippen LogP contribution >= 0.6 is 0 Å². The van der Waals surface area contributed by atoms with Crippen molar-refractivity contribution in [1.29, 1.82) is 0 Å². The molecule has 0 bridgehead atoms. The molecule has 1 aliphatic rings. The van der Waals surface area contributed by atoms with E-state index in [0.717, 1.165) is 19.4 Å². The van der Waals surface area contributed by atoms with E-state index >= 15 is 0 Å². The number of rotatable bonds is 4. The second kappa shape index (κ2) is 6.43. The smallest absolute Gasteiger partial charge is 0.324 e. The van der Waals surface area contributed by atoms with Gasteiger partial charge in [-0.1, -0.05) is 0 Å². The van der Waals surface area contributed by atoms with Crippen molar-refractivity contribution >= 4 is 11.6 Å². The minimum absolute atomic E-state index is 0.146. The summed E-state index contributed by atoms with van der Waals surface area (Å²) in [5.74, 6) is -1.36. The molecule has 0 aliphatic carbocycles. The Labute approximate surface area is 119 Å². The fourth-order valence-corrected chi connectivity index (χ4v) is 2.32. The van der Waals surface area contributed by atoms with Crippen LogP contribution in [0.3, 0.4) is 0 Å². The van der Waals surface area contributed by atoms with E-state index in [4.69, 9.17) is 0 Å². The van der Waals surface area contributed by atoms with Gasteiger partial charge >= 0.3 is 6.18 Å². The summed E-state index contributed by atoms with van der Waals surface area (Å²) in [4.78, 5) is 11.7. The van der Waals surface area contributed by atoms with E-state index in [1.54, 1.807) is 0 Å². The highest BCUT2D eigenvalue weighted by molar-refractivity contribution is 5.90. The van der Waals surface area contributed by atoms with E-state index in [-0.39, 0.29) is 12.5 Å². The second-order valence-electron chi connectivity index (χ2n) is 5.07. The third-order valence-corrected chi connectivity index (χ3v) is 3.45. The maximum atomic E-state index is 13.5. The number of nitrogens with one attached hydrogen (secondary N) is 2. The van der Waals surface area contributed by atoms with Gasteiger partial charge < -0.3 is 10.6 Å². The van der Waals surface area contributed by atoms with Crippen LogP contribution in [0.25, 0.3) is 0 Å². The SMILES string of the molecule is O=C(CCC1CCCN1)Nc1cc(C(F)(F)F)ccc1F. The number of benzene rings is 1. The normalized spacial score (nSPS) is 18.8. The van der Waals surface area contributed by atoms with Gasteiger partial charge in [-0.2, -0.15) is 13.2 Å². The number of carbonyl (C=O) groups is 1. The molecule has 21 heavy (non-hydrogen) atoms. The molecule has 0 saturated carbocycles. The fraction of sp³-hybridized carbons (Fsp3) is 0.500. The fourth-order valence-electron chi connectivity index (χ4n) is 2.32. The van der Waals surface area contributed by atoms with Crippen molar-refractivity contribution in [3.63, 3.8) is 0 Å². The van der Waals surface area contributed by atoms with Gasteiger partial charge in [-0.25, -0.2) is 4.39 Å². The summed E-state index contributed by atoms with van der Waals surface area (Å²) in [6.07, 6.45) is -1.81. The van der Waals surface area contributed by atoms with Gasteiger partial charge in [0.2, 0.25) is 5.91 Å². The lowest BCUT2D eigenvalue weighted by atomic mass is 10.1. The molecule has 7 heteroatoms. The molecule has 0 spiro atoms. The van der Waals surface area contributed by atoms with Gasteiger partial charge in [-0.15, -0.1) is 0 Å². The highest BCUT2D eigenvalue weighted by Crippen LogP contribution is 2.31. The van der Waals surface area contributed by atoms with Crippen LogP contribution in [0.4, 0.5) is 23.2 Å². The lowest BCUT2D eigenvalue weighted by molar-refractivity contribution is -0.137. The first-order valence-electron chi connectivity index (χ1n) is 6.76. The first kappa shape index (κ1) is 15.8. The van der Waals surface area contributed by atoms with Crippen LogP contribution in [0.2, 0.25) is 0 Å². The highest BCUT2D eigenvalue weighted by atomic mass is 19.4. The van der Waals surface area contributed by atoms with Crippen LogP contribution in [0.5, 0.6) is 0 Å². The van der Waals surface area contributed by atoms with Crippen molar-refractivity contribution in [1.82, 2.24) is 5.32 Å². The molecule has 1 heterocycles. The zero-order valence-electron chi connectivity index (χ0n) is 11.3. The second-order valence-corrected chi connectivity index (χ2v) is 5.07. The lowest BCUT2D eigenvalue weighted by Gasteiger charge is -2.12. The van der Waals surface area contributed by atoms with Crippen molar-refractivity contribution < 1.29 is 22.4 Å². The Balaban J connectivity index is 1.96. The van der Waals surface area contributed by atoms with E-state index < -0.39 is 29.2 Å². The minimum Gasteiger partial charge on any atom is -0.324 e. The third kappa shape index (κ3) is 4.42. The predicted molar refractivity (Wildman–Crippen MR) is 70.3 cm³/mol. The molecule has 1 aliphatic heterocycles. The van der Waals surface area contributed by atoms with Gasteiger partial charge in [0.25, 0.3) is 0 Å². The molecule has 1 atom stereocenters. The van der Waals surface area contributed by atoms with E-state index in [1.807, 2.05) is 0 Å². The van der Waals surface area contributed by atoms with Gasteiger partial charge in [-0.05, 0) is 44.0 Å². The summed E-state index contributed by atoms with van der Waals surface area (Å²) in [6, 6.07) is 2.22. The number of hydrogen-bond acceptors (Lipinski definition) is 2. The zero-order valence-corrected chi connectivity index (χ0v) is 11.3. The summed E-state index contributed by atoms with van der Waals surface area (Å²) >= 11 is 0. The van der Waals surface area contributed by atoms with Crippen molar-refractivity contribution in [3.8, 4) is 0 Å². The van der Waals surface area contributed by atoms with Crippen LogP contribution in [0, 0.1) is 5.82 Å². The Bertz CT molecular complexity index is 510. The summed E-state index contributed by atoms with van der Waals surface area (Å²) in [7, 11) is 0.